The van der Waals surface area contributed by atoms with Gasteiger partial charge in [-0.25, -0.2) is 0 Å². The van der Waals surface area contributed by atoms with E-state index in [1.54, 1.807) is 30.3 Å². The quantitative estimate of drug-likeness (QED) is 0.469. The van der Waals surface area contributed by atoms with Crippen LogP contribution in [0, 0.1) is 11.8 Å². The first-order valence-corrected chi connectivity index (χ1v) is 5.19. The predicted octanol–water partition coefficient (Wildman–Crippen LogP) is 2.21. The number of aliphatic imine (C=N–C) groups is 1. The summed E-state index contributed by atoms with van der Waals surface area (Å²) in [6.07, 6.45) is -4.70. The highest BCUT2D eigenvalue weighted by Crippen LogP contribution is 2.17. The molecule has 0 radical (unpaired) electrons. The summed E-state index contributed by atoms with van der Waals surface area (Å²) >= 11 is 0. The maximum atomic E-state index is 12.6. The Morgan fingerprint density at radius 2 is 1.95 bits per heavy atom. The molecule has 0 bridgehead atoms. The topological polar surface area (TPSA) is 38.7 Å². The van der Waals surface area contributed by atoms with Crippen LogP contribution in [-0.4, -0.2) is 31.5 Å². The van der Waals surface area contributed by atoms with Crippen molar-refractivity contribution in [3.63, 3.8) is 0 Å². The van der Waals surface area contributed by atoms with E-state index in [9.17, 15) is 18.0 Å². The molecule has 0 saturated heterocycles. The lowest BCUT2D eigenvalue weighted by Crippen LogP contribution is -2.23. The summed E-state index contributed by atoms with van der Waals surface area (Å²) in [4.78, 5) is 13.9. The lowest BCUT2D eigenvalue weighted by Gasteiger charge is -2.03. The fourth-order valence-corrected chi connectivity index (χ4v) is 1.06. The number of carbonyl (C=O) groups is 1. The van der Waals surface area contributed by atoms with E-state index in [1.165, 1.54) is 0 Å². The number of carbonyl (C=O) groups excluding carboxylic acids is 1. The molecule has 0 atom stereocenters. The third-order valence-electron chi connectivity index (χ3n) is 1.96. The SMILES string of the molecule is COC(=O)CN=C(C#Cc1ccccc1)C(F)(F)F. The zero-order chi connectivity index (χ0) is 14.3. The molecule has 3 nitrogen and oxygen atoms in total. The smallest absolute Gasteiger partial charge is 0.441 e. The fraction of sp³-hybridized carbons (Fsp3) is 0.231. The number of rotatable bonds is 2. The van der Waals surface area contributed by atoms with Crippen LogP contribution in [0.4, 0.5) is 13.2 Å². The molecule has 0 fully saturated rings. The molecule has 0 spiro atoms. The summed E-state index contributed by atoms with van der Waals surface area (Å²) in [5.74, 6) is 3.40. The van der Waals surface area contributed by atoms with E-state index >= 15 is 0 Å². The molecule has 100 valence electrons. The number of methoxy groups -OCH3 is 1. The van der Waals surface area contributed by atoms with Gasteiger partial charge >= 0.3 is 12.1 Å². The summed E-state index contributed by atoms with van der Waals surface area (Å²) in [6.45, 7) is -0.713. The summed E-state index contributed by atoms with van der Waals surface area (Å²) < 4.78 is 42.0. The van der Waals surface area contributed by atoms with Crippen LogP contribution < -0.4 is 0 Å². The van der Waals surface area contributed by atoms with Crippen LogP contribution >= 0.6 is 0 Å². The van der Waals surface area contributed by atoms with Crippen molar-refractivity contribution >= 4 is 11.7 Å². The van der Waals surface area contributed by atoms with Crippen LogP contribution in [0.1, 0.15) is 5.56 Å². The Bertz CT molecular complexity index is 524. The van der Waals surface area contributed by atoms with Crippen molar-refractivity contribution in [3.05, 3.63) is 35.9 Å². The first-order chi connectivity index (χ1) is 8.93. The van der Waals surface area contributed by atoms with Crippen molar-refractivity contribution in [1.29, 1.82) is 0 Å². The molecule has 0 amide bonds. The molecule has 0 aliphatic rings. The van der Waals surface area contributed by atoms with Crippen molar-refractivity contribution in [2.75, 3.05) is 13.7 Å². The maximum absolute atomic E-state index is 12.6. The van der Waals surface area contributed by atoms with E-state index < -0.39 is 24.4 Å². The van der Waals surface area contributed by atoms with Gasteiger partial charge in [0.25, 0.3) is 0 Å². The molecule has 1 aromatic rings. The number of hydrogen-bond donors (Lipinski definition) is 0. The van der Waals surface area contributed by atoms with Gasteiger partial charge in [0.2, 0.25) is 0 Å². The van der Waals surface area contributed by atoms with Gasteiger partial charge in [-0.05, 0) is 18.1 Å². The van der Waals surface area contributed by atoms with Crippen LogP contribution in [0.15, 0.2) is 35.3 Å². The predicted molar refractivity (Wildman–Crippen MR) is 63.7 cm³/mol. The molecule has 0 saturated carbocycles. The Morgan fingerprint density at radius 3 is 2.47 bits per heavy atom. The summed E-state index contributed by atoms with van der Waals surface area (Å²) in [6, 6.07) is 8.18. The van der Waals surface area contributed by atoms with Crippen LogP contribution in [0.3, 0.4) is 0 Å². The van der Waals surface area contributed by atoms with E-state index in [0.29, 0.717) is 5.56 Å². The van der Waals surface area contributed by atoms with Crippen molar-refractivity contribution in [3.8, 4) is 11.8 Å². The maximum Gasteiger partial charge on any atom is 0.441 e. The van der Waals surface area contributed by atoms with Crippen LogP contribution in [0.25, 0.3) is 0 Å². The molecule has 0 aromatic heterocycles. The standard InChI is InChI=1S/C13H10F3NO2/c1-19-12(18)9-17-11(13(14,15)16)8-7-10-5-3-2-4-6-10/h2-6H,9H2,1H3. The number of ether oxygens (including phenoxy) is 1. The summed E-state index contributed by atoms with van der Waals surface area (Å²) in [7, 11) is 1.07. The van der Waals surface area contributed by atoms with Gasteiger partial charge in [0.1, 0.15) is 6.54 Å². The molecule has 6 heteroatoms. The van der Waals surface area contributed by atoms with E-state index in [1.807, 2.05) is 5.92 Å². The van der Waals surface area contributed by atoms with E-state index in [-0.39, 0.29) is 0 Å². The van der Waals surface area contributed by atoms with Crippen molar-refractivity contribution < 1.29 is 22.7 Å². The van der Waals surface area contributed by atoms with Crippen molar-refractivity contribution in [1.82, 2.24) is 0 Å². The highest BCUT2D eigenvalue weighted by atomic mass is 19.4. The molecule has 1 aromatic carbocycles. The second kappa shape index (κ2) is 6.59. The van der Waals surface area contributed by atoms with Gasteiger partial charge in [-0.1, -0.05) is 24.1 Å². The first-order valence-electron chi connectivity index (χ1n) is 5.19. The van der Waals surface area contributed by atoms with Gasteiger partial charge in [-0.15, -0.1) is 0 Å². The van der Waals surface area contributed by atoms with E-state index in [2.05, 4.69) is 15.6 Å². The average Bonchev–Trinajstić information content (AvgIpc) is 2.38. The molecule has 0 N–H and O–H groups in total. The highest BCUT2D eigenvalue weighted by Gasteiger charge is 2.34. The third-order valence-corrected chi connectivity index (χ3v) is 1.96. The Balaban J connectivity index is 2.94. The normalized spacial score (nSPS) is 11.5. The Morgan fingerprint density at radius 1 is 1.32 bits per heavy atom. The largest absolute Gasteiger partial charge is 0.468 e. The Hall–Kier alpha value is -2.29. The van der Waals surface area contributed by atoms with Crippen LogP contribution in [-0.2, 0) is 9.53 Å². The number of nitrogens with zero attached hydrogens (tertiary/aromatic N) is 1. The zero-order valence-corrected chi connectivity index (χ0v) is 9.99. The minimum Gasteiger partial charge on any atom is -0.468 e. The van der Waals surface area contributed by atoms with E-state index in [4.69, 9.17) is 0 Å². The fourth-order valence-electron chi connectivity index (χ4n) is 1.06. The molecule has 0 unspecified atom stereocenters. The number of alkyl halides is 3. The number of esters is 1. The molecular formula is C13H10F3NO2. The van der Waals surface area contributed by atoms with Gasteiger partial charge in [-0.3, -0.25) is 9.79 Å². The Labute approximate surface area is 108 Å². The van der Waals surface area contributed by atoms with Crippen molar-refractivity contribution in [2.45, 2.75) is 6.18 Å². The molecule has 0 aliphatic heterocycles. The first kappa shape index (κ1) is 14.8. The number of benzene rings is 1. The van der Waals surface area contributed by atoms with E-state index in [0.717, 1.165) is 7.11 Å². The molecule has 0 aliphatic carbocycles. The van der Waals surface area contributed by atoms with Gasteiger partial charge in [0, 0.05) is 5.56 Å². The van der Waals surface area contributed by atoms with Gasteiger partial charge < -0.3 is 4.74 Å². The molecule has 19 heavy (non-hydrogen) atoms. The summed E-state index contributed by atoms with van der Waals surface area (Å²) in [5.41, 5.74) is -0.876. The highest BCUT2D eigenvalue weighted by molar-refractivity contribution is 6.05. The lowest BCUT2D eigenvalue weighted by atomic mass is 10.2. The van der Waals surface area contributed by atoms with Gasteiger partial charge in [0.15, 0.2) is 5.71 Å². The Kier molecular flexibility index (Phi) is 5.12. The summed E-state index contributed by atoms with van der Waals surface area (Å²) in [5, 5.41) is 0. The molecule has 0 heterocycles. The number of halogens is 3. The minimum absolute atomic E-state index is 0.428. The van der Waals surface area contributed by atoms with Gasteiger partial charge in [-0.2, -0.15) is 13.2 Å². The van der Waals surface area contributed by atoms with Crippen LogP contribution in [0.2, 0.25) is 0 Å². The molecule has 1 rings (SSSR count). The second-order valence-electron chi connectivity index (χ2n) is 3.35. The lowest BCUT2D eigenvalue weighted by molar-refractivity contribution is -0.138. The monoisotopic (exact) mass is 269 g/mol. The van der Waals surface area contributed by atoms with Crippen LogP contribution in [0.5, 0.6) is 0 Å². The zero-order valence-electron chi connectivity index (χ0n) is 9.99. The third kappa shape index (κ3) is 5.25. The minimum atomic E-state index is -4.70. The number of hydrogen-bond acceptors (Lipinski definition) is 3. The molecular weight excluding hydrogens is 259 g/mol. The van der Waals surface area contributed by atoms with Crippen molar-refractivity contribution in [2.24, 2.45) is 4.99 Å². The second-order valence-corrected chi connectivity index (χ2v) is 3.35. The van der Waals surface area contributed by atoms with Gasteiger partial charge in [0.05, 0.1) is 7.11 Å². The average molecular weight is 269 g/mol.